The van der Waals surface area contributed by atoms with Gasteiger partial charge in [-0.1, -0.05) is 0 Å². The Kier molecular flexibility index (Phi) is 6.33. The molecule has 3 aromatic rings. The SMILES string of the molecule is CC1c2ncc(Cn3cccn3)n2CCN1Cc1nccs1.O=C(O)C(F)(F)F. The van der Waals surface area contributed by atoms with Crippen LogP contribution >= 0.6 is 11.3 Å². The van der Waals surface area contributed by atoms with Crippen molar-refractivity contribution in [2.24, 2.45) is 0 Å². The summed E-state index contributed by atoms with van der Waals surface area (Å²) in [6.45, 7) is 5.90. The number of alkyl halides is 3. The monoisotopic (exact) mass is 428 g/mol. The van der Waals surface area contributed by atoms with Gasteiger partial charge in [-0.25, -0.2) is 14.8 Å². The van der Waals surface area contributed by atoms with Crippen molar-refractivity contribution in [1.29, 1.82) is 0 Å². The van der Waals surface area contributed by atoms with Crippen LogP contribution in [0.1, 0.15) is 29.5 Å². The molecule has 0 saturated heterocycles. The van der Waals surface area contributed by atoms with E-state index in [0.29, 0.717) is 6.04 Å². The van der Waals surface area contributed by atoms with Crippen LogP contribution in [0.5, 0.6) is 0 Å². The van der Waals surface area contributed by atoms with Crippen molar-refractivity contribution in [3.63, 3.8) is 0 Å². The number of carboxylic acid groups (broad SMARTS) is 1. The number of fused-ring (bicyclic) bond motifs is 1. The van der Waals surface area contributed by atoms with E-state index in [9.17, 15) is 13.2 Å². The third-order valence-electron chi connectivity index (χ3n) is 4.45. The van der Waals surface area contributed by atoms with Gasteiger partial charge in [-0.3, -0.25) is 9.58 Å². The summed E-state index contributed by atoms with van der Waals surface area (Å²) in [6, 6.07) is 2.26. The number of carbonyl (C=O) groups is 1. The van der Waals surface area contributed by atoms with Gasteiger partial charge in [0.2, 0.25) is 0 Å². The van der Waals surface area contributed by atoms with Crippen molar-refractivity contribution in [2.45, 2.75) is 38.8 Å². The average Bonchev–Trinajstić information content (AvgIpc) is 3.41. The van der Waals surface area contributed by atoms with E-state index in [4.69, 9.17) is 9.90 Å². The second kappa shape index (κ2) is 8.74. The van der Waals surface area contributed by atoms with E-state index in [1.54, 1.807) is 11.3 Å². The molecule has 4 heterocycles. The van der Waals surface area contributed by atoms with Gasteiger partial charge >= 0.3 is 12.1 Å². The molecule has 3 aromatic heterocycles. The van der Waals surface area contributed by atoms with Crippen LogP contribution in [0.25, 0.3) is 0 Å². The molecule has 1 N–H and O–H groups in total. The predicted molar refractivity (Wildman–Crippen MR) is 98.2 cm³/mol. The molecule has 0 spiro atoms. The number of aliphatic carboxylic acids is 1. The molecule has 1 aliphatic heterocycles. The fourth-order valence-electron chi connectivity index (χ4n) is 3.01. The zero-order valence-corrected chi connectivity index (χ0v) is 16.3. The van der Waals surface area contributed by atoms with Gasteiger partial charge in [0, 0.05) is 37.1 Å². The third-order valence-corrected chi connectivity index (χ3v) is 5.21. The van der Waals surface area contributed by atoms with Crippen LogP contribution in [0.15, 0.2) is 36.2 Å². The van der Waals surface area contributed by atoms with Crippen LogP contribution in [-0.2, 0) is 24.4 Å². The molecule has 0 bridgehead atoms. The van der Waals surface area contributed by atoms with Crippen molar-refractivity contribution < 1.29 is 23.1 Å². The highest BCUT2D eigenvalue weighted by Gasteiger charge is 2.38. The summed E-state index contributed by atoms with van der Waals surface area (Å²) < 4.78 is 36.0. The molecule has 4 rings (SSSR count). The van der Waals surface area contributed by atoms with Gasteiger partial charge in [-0.15, -0.1) is 11.3 Å². The smallest absolute Gasteiger partial charge is 0.475 e. The van der Waals surface area contributed by atoms with E-state index in [1.807, 2.05) is 40.9 Å². The maximum absolute atomic E-state index is 10.6. The number of aromatic nitrogens is 5. The molecule has 1 atom stereocenters. The molecule has 0 amide bonds. The Morgan fingerprint density at radius 1 is 1.28 bits per heavy atom. The number of carboxylic acids is 1. The Bertz CT molecular complexity index is 924. The molecule has 8 nitrogen and oxygen atoms in total. The summed E-state index contributed by atoms with van der Waals surface area (Å²) >= 11 is 1.72. The molecule has 29 heavy (non-hydrogen) atoms. The highest BCUT2D eigenvalue weighted by Crippen LogP contribution is 2.27. The second-order valence-corrected chi connectivity index (χ2v) is 7.32. The van der Waals surface area contributed by atoms with E-state index in [-0.39, 0.29) is 0 Å². The minimum Gasteiger partial charge on any atom is -0.475 e. The van der Waals surface area contributed by atoms with Crippen LogP contribution in [-0.4, -0.2) is 53.0 Å². The molecule has 156 valence electrons. The summed E-state index contributed by atoms with van der Waals surface area (Å²) in [6.07, 6.45) is 2.57. The number of rotatable bonds is 4. The van der Waals surface area contributed by atoms with Gasteiger partial charge < -0.3 is 9.67 Å². The molecule has 0 aromatic carbocycles. The molecule has 1 aliphatic rings. The lowest BCUT2D eigenvalue weighted by Gasteiger charge is -2.33. The Labute approximate surface area is 168 Å². The highest BCUT2D eigenvalue weighted by atomic mass is 32.1. The number of hydrogen-bond acceptors (Lipinski definition) is 6. The lowest BCUT2D eigenvalue weighted by molar-refractivity contribution is -0.192. The minimum atomic E-state index is -5.08. The standard InChI is InChI=1S/C15H18N6S.C2HF3O2/c1-12-15-17-9-13(10-20-5-2-3-18-20)21(15)7-6-19(12)11-14-16-4-8-22-14;3-2(4,5)1(6)7/h2-5,8-9,12H,6-7,10-11H2,1H3;(H,6,7). The maximum Gasteiger partial charge on any atom is 0.490 e. The summed E-state index contributed by atoms with van der Waals surface area (Å²) in [5.74, 6) is -1.61. The van der Waals surface area contributed by atoms with Crippen LogP contribution < -0.4 is 0 Å². The normalized spacial score (nSPS) is 16.8. The van der Waals surface area contributed by atoms with E-state index in [0.717, 1.165) is 32.0 Å². The van der Waals surface area contributed by atoms with Crippen molar-refractivity contribution >= 4 is 17.3 Å². The molecule has 1 unspecified atom stereocenters. The minimum absolute atomic E-state index is 0.309. The van der Waals surface area contributed by atoms with E-state index >= 15 is 0 Å². The number of imidazole rings is 1. The van der Waals surface area contributed by atoms with Gasteiger partial charge in [-0.2, -0.15) is 18.3 Å². The topological polar surface area (TPSA) is 89.1 Å². The highest BCUT2D eigenvalue weighted by molar-refractivity contribution is 7.09. The van der Waals surface area contributed by atoms with Crippen molar-refractivity contribution in [1.82, 2.24) is 29.2 Å². The summed E-state index contributed by atoms with van der Waals surface area (Å²) in [7, 11) is 0. The zero-order valence-electron chi connectivity index (χ0n) is 15.5. The van der Waals surface area contributed by atoms with Crippen molar-refractivity contribution in [3.8, 4) is 0 Å². The summed E-state index contributed by atoms with van der Waals surface area (Å²) in [5.41, 5.74) is 1.22. The predicted octanol–water partition coefficient (Wildman–Crippen LogP) is 2.79. The first-order valence-corrected chi connectivity index (χ1v) is 9.58. The Morgan fingerprint density at radius 2 is 2.03 bits per heavy atom. The molecule has 0 fully saturated rings. The molecule has 0 saturated carbocycles. The van der Waals surface area contributed by atoms with Gasteiger partial charge in [-0.05, 0) is 13.0 Å². The number of nitrogens with zero attached hydrogens (tertiary/aromatic N) is 6. The van der Waals surface area contributed by atoms with E-state index in [2.05, 4.69) is 31.5 Å². The largest absolute Gasteiger partial charge is 0.490 e. The van der Waals surface area contributed by atoms with Crippen molar-refractivity contribution in [3.05, 3.63) is 52.8 Å². The fourth-order valence-corrected chi connectivity index (χ4v) is 3.65. The van der Waals surface area contributed by atoms with Gasteiger partial charge in [0.15, 0.2) is 0 Å². The van der Waals surface area contributed by atoms with E-state index in [1.165, 1.54) is 10.7 Å². The summed E-state index contributed by atoms with van der Waals surface area (Å²) in [4.78, 5) is 20.4. The first-order chi connectivity index (χ1) is 13.8. The van der Waals surface area contributed by atoms with Crippen LogP contribution in [0.4, 0.5) is 13.2 Å². The quantitative estimate of drug-likeness (QED) is 0.688. The third kappa shape index (κ3) is 5.21. The number of thiazole rings is 1. The van der Waals surface area contributed by atoms with Crippen LogP contribution in [0.2, 0.25) is 0 Å². The lowest BCUT2D eigenvalue weighted by Crippen LogP contribution is -2.37. The van der Waals surface area contributed by atoms with Gasteiger partial charge in [0.1, 0.15) is 10.8 Å². The summed E-state index contributed by atoms with van der Waals surface area (Å²) in [5, 5.41) is 14.6. The molecule has 0 aliphatic carbocycles. The van der Waals surface area contributed by atoms with Gasteiger partial charge in [0.05, 0.1) is 31.0 Å². The fraction of sp³-hybridized carbons (Fsp3) is 0.412. The first-order valence-electron chi connectivity index (χ1n) is 8.70. The number of hydrogen-bond donors (Lipinski definition) is 1. The zero-order chi connectivity index (χ0) is 21.0. The average molecular weight is 428 g/mol. The molecule has 12 heteroatoms. The van der Waals surface area contributed by atoms with Gasteiger partial charge in [0.25, 0.3) is 0 Å². The Hall–Kier alpha value is -2.73. The van der Waals surface area contributed by atoms with Crippen LogP contribution in [0, 0.1) is 0 Å². The van der Waals surface area contributed by atoms with E-state index < -0.39 is 12.1 Å². The molecular weight excluding hydrogens is 409 g/mol. The van der Waals surface area contributed by atoms with Crippen LogP contribution in [0.3, 0.4) is 0 Å². The Balaban J connectivity index is 0.000000298. The lowest BCUT2D eigenvalue weighted by atomic mass is 10.2. The Morgan fingerprint density at radius 3 is 2.62 bits per heavy atom. The molecular formula is C17H19F3N6O2S. The second-order valence-electron chi connectivity index (χ2n) is 6.34. The maximum atomic E-state index is 10.6. The molecule has 0 radical (unpaired) electrons. The van der Waals surface area contributed by atoms with Crippen molar-refractivity contribution in [2.75, 3.05) is 6.54 Å². The first kappa shape index (κ1) is 21.0. The number of halogens is 3.